The lowest BCUT2D eigenvalue weighted by atomic mass is 10.1. The Bertz CT molecular complexity index is 685. The molecule has 0 amide bonds. The van der Waals surface area contributed by atoms with Crippen molar-refractivity contribution in [2.24, 2.45) is 4.99 Å². The van der Waals surface area contributed by atoms with Gasteiger partial charge in [-0.15, -0.1) is 24.0 Å². The monoisotopic (exact) mass is 450 g/mol. The van der Waals surface area contributed by atoms with Crippen LogP contribution in [0, 0.1) is 0 Å². The highest BCUT2D eigenvalue weighted by molar-refractivity contribution is 14.0. The molecule has 1 aromatic carbocycles. The number of hydrogen-bond donors (Lipinski definition) is 2. The number of nitrogens with one attached hydrogen (secondary N) is 2. The van der Waals surface area contributed by atoms with Crippen LogP contribution in [0.3, 0.4) is 0 Å². The summed E-state index contributed by atoms with van der Waals surface area (Å²) in [5.41, 5.74) is 5.41. The molecule has 0 unspecified atom stereocenters. The summed E-state index contributed by atoms with van der Waals surface area (Å²) in [6, 6.07) is 12.8. The molecule has 0 spiro atoms. The van der Waals surface area contributed by atoms with Gasteiger partial charge in [0.25, 0.3) is 0 Å². The molecule has 1 aromatic heterocycles. The van der Waals surface area contributed by atoms with E-state index in [0.29, 0.717) is 6.54 Å². The number of hydrogen-bond acceptors (Lipinski definition) is 2. The lowest BCUT2D eigenvalue weighted by Crippen LogP contribution is -2.38. The first-order valence-electron chi connectivity index (χ1n) is 8.88. The van der Waals surface area contributed by atoms with Crippen LogP contribution in [0.2, 0.25) is 0 Å². The van der Waals surface area contributed by atoms with Gasteiger partial charge in [-0.2, -0.15) is 0 Å². The van der Waals surface area contributed by atoms with Gasteiger partial charge in [0, 0.05) is 31.4 Å². The zero-order valence-electron chi connectivity index (χ0n) is 14.8. The van der Waals surface area contributed by atoms with Crippen LogP contribution in [-0.2, 0) is 25.8 Å². The highest BCUT2D eigenvalue weighted by Gasteiger charge is 2.10. The van der Waals surface area contributed by atoms with Gasteiger partial charge in [0.1, 0.15) is 0 Å². The zero-order chi connectivity index (χ0) is 16.6. The maximum Gasteiger partial charge on any atom is 0.191 e. The molecule has 2 N–H and O–H groups in total. The van der Waals surface area contributed by atoms with E-state index in [-0.39, 0.29) is 24.0 Å². The van der Waals surface area contributed by atoms with E-state index in [9.17, 15) is 0 Å². The van der Waals surface area contributed by atoms with Gasteiger partial charge in [-0.25, -0.2) is 4.99 Å². The molecule has 0 bridgehead atoms. The topological polar surface area (TPSA) is 49.3 Å². The third-order valence-corrected chi connectivity index (χ3v) is 4.33. The zero-order valence-corrected chi connectivity index (χ0v) is 17.1. The number of halogens is 1. The van der Waals surface area contributed by atoms with Crippen molar-refractivity contribution in [2.45, 2.75) is 39.2 Å². The normalized spacial score (nSPS) is 13.1. The minimum absolute atomic E-state index is 0. The van der Waals surface area contributed by atoms with Crippen molar-refractivity contribution in [3.8, 4) is 0 Å². The van der Waals surface area contributed by atoms with Crippen LogP contribution < -0.4 is 10.6 Å². The second-order valence-electron chi connectivity index (χ2n) is 6.15. The molecule has 1 heterocycles. The van der Waals surface area contributed by atoms with Gasteiger partial charge in [-0.1, -0.05) is 24.3 Å². The molecular weight excluding hydrogens is 423 g/mol. The van der Waals surface area contributed by atoms with Gasteiger partial charge in [0.15, 0.2) is 5.96 Å². The molecule has 0 aliphatic heterocycles. The van der Waals surface area contributed by atoms with Crippen LogP contribution in [0.25, 0.3) is 0 Å². The Morgan fingerprint density at radius 2 is 2.00 bits per heavy atom. The number of aromatic nitrogens is 1. The summed E-state index contributed by atoms with van der Waals surface area (Å²) in [5, 5.41) is 6.70. The van der Waals surface area contributed by atoms with E-state index in [2.05, 4.69) is 46.8 Å². The fraction of sp³-hybridized carbons (Fsp3) is 0.400. The Morgan fingerprint density at radius 1 is 1.12 bits per heavy atom. The number of nitrogens with zero attached hydrogens (tertiary/aromatic N) is 2. The van der Waals surface area contributed by atoms with E-state index in [4.69, 9.17) is 4.99 Å². The summed E-state index contributed by atoms with van der Waals surface area (Å²) >= 11 is 0. The predicted molar refractivity (Wildman–Crippen MR) is 115 cm³/mol. The third-order valence-electron chi connectivity index (χ3n) is 4.33. The molecule has 0 saturated carbocycles. The van der Waals surface area contributed by atoms with Crippen molar-refractivity contribution < 1.29 is 0 Å². The van der Waals surface area contributed by atoms with Gasteiger partial charge in [0.2, 0.25) is 0 Å². The molecule has 1 aliphatic rings. The van der Waals surface area contributed by atoms with Crippen molar-refractivity contribution >= 4 is 29.9 Å². The first kappa shape index (κ1) is 19.7. The molecule has 3 rings (SSSR count). The van der Waals surface area contributed by atoms with Gasteiger partial charge >= 0.3 is 0 Å². The van der Waals surface area contributed by atoms with Crippen molar-refractivity contribution in [1.29, 1.82) is 0 Å². The summed E-state index contributed by atoms with van der Waals surface area (Å²) in [6.45, 7) is 4.49. The van der Waals surface area contributed by atoms with Crippen LogP contribution >= 0.6 is 24.0 Å². The highest BCUT2D eigenvalue weighted by atomic mass is 127. The molecular formula is C20H27IN4. The number of rotatable bonds is 6. The quantitative estimate of drug-likeness (QED) is 0.403. The maximum atomic E-state index is 4.71. The fourth-order valence-corrected chi connectivity index (χ4v) is 3.09. The molecule has 134 valence electrons. The van der Waals surface area contributed by atoms with Gasteiger partial charge in [0.05, 0.1) is 6.54 Å². The molecule has 0 saturated heterocycles. The Labute approximate surface area is 167 Å². The Balaban J connectivity index is 0.00000225. The second-order valence-corrected chi connectivity index (χ2v) is 6.15. The molecule has 2 aromatic rings. The summed E-state index contributed by atoms with van der Waals surface area (Å²) in [6.07, 6.45) is 6.47. The average Bonchev–Trinajstić information content (AvgIpc) is 3.08. The van der Waals surface area contributed by atoms with Crippen molar-refractivity contribution in [3.63, 3.8) is 0 Å². The number of aliphatic imine (C=N–C) groups is 1. The Morgan fingerprint density at radius 3 is 2.80 bits per heavy atom. The van der Waals surface area contributed by atoms with Crippen molar-refractivity contribution in [2.75, 3.05) is 13.1 Å². The fourth-order valence-electron chi connectivity index (χ4n) is 3.09. The van der Waals surface area contributed by atoms with Crippen LogP contribution in [0.1, 0.15) is 35.7 Å². The largest absolute Gasteiger partial charge is 0.357 e. The summed E-state index contributed by atoms with van der Waals surface area (Å²) in [7, 11) is 0. The molecule has 4 nitrogen and oxygen atoms in total. The number of guanidine groups is 1. The van der Waals surface area contributed by atoms with E-state index in [1.165, 1.54) is 36.0 Å². The predicted octanol–water partition coefficient (Wildman–Crippen LogP) is 3.49. The molecule has 1 aliphatic carbocycles. The number of pyridine rings is 1. The van der Waals surface area contributed by atoms with Crippen LogP contribution in [0.5, 0.6) is 0 Å². The standard InChI is InChI=1S/C20H26N4.HI/c1-2-21-20(23-13-11-19-8-3-4-12-22-19)24-15-16-9-10-17-6-5-7-18(17)14-16;/h3-4,8-10,12,14H,2,5-7,11,13,15H2,1H3,(H2,21,23,24);1H. The van der Waals surface area contributed by atoms with Gasteiger partial charge in [-0.05, 0) is 55.0 Å². The number of aryl methyl sites for hydroxylation is 2. The first-order chi connectivity index (χ1) is 11.8. The van der Waals surface area contributed by atoms with Crippen molar-refractivity contribution in [3.05, 3.63) is 65.0 Å². The van der Waals surface area contributed by atoms with Gasteiger partial charge < -0.3 is 10.6 Å². The van der Waals surface area contributed by atoms with Crippen LogP contribution in [-0.4, -0.2) is 24.0 Å². The van der Waals surface area contributed by atoms with Crippen molar-refractivity contribution in [1.82, 2.24) is 15.6 Å². The van der Waals surface area contributed by atoms with E-state index in [1.54, 1.807) is 0 Å². The molecule has 5 heteroatoms. The van der Waals surface area contributed by atoms with E-state index < -0.39 is 0 Å². The Kier molecular flexibility index (Phi) is 8.18. The molecule has 25 heavy (non-hydrogen) atoms. The summed E-state index contributed by atoms with van der Waals surface area (Å²) in [5.74, 6) is 0.869. The molecule has 0 atom stereocenters. The van der Waals surface area contributed by atoms with Gasteiger partial charge in [-0.3, -0.25) is 4.98 Å². The lowest BCUT2D eigenvalue weighted by molar-refractivity contribution is 0.788. The maximum absolute atomic E-state index is 4.71. The lowest BCUT2D eigenvalue weighted by Gasteiger charge is -2.11. The molecule has 0 fully saturated rings. The number of fused-ring (bicyclic) bond motifs is 1. The minimum Gasteiger partial charge on any atom is -0.357 e. The molecule has 0 radical (unpaired) electrons. The highest BCUT2D eigenvalue weighted by Crippen LogP contribution is 2.23. The Hall–Kier alpha value is -1.63. The average molecular weight is 450 g/mol. The SMILES string of the molecule is CCNC(=NCc1ccc2c(c1)CCC2)NCCc1ccccn1.I. The first-order valence-corrected chi connectivity index (χ1v) is 8.88. The second kappa shape index (κ2) is 10.4. The van der Waals surface area contributed by atoms with Crippen LogP contribution in [0.15, 0.2) is 47.6 Å². The third kappa shape index (κ3) is 5.99. The van der Waals surface area contributed by atoms with E-state index >= 15 is 0 Å². The minimum atomic E-state index is 0. The van der Waals surface area contributed by atoms with Crippen LogP contribution in [0.4, 0.5) is 0 Å². The van der Waals surface area contributed by atoms with E-state index in [0.717, 1.165) is 31.2 Å². The number of benzene rings is 1. The van der Waals surface area contributed by atoms with E-state index in [1.807, 2.05) is 18.3 Å². The summed E-state index contributed by atoms with van der Waals surface area (Å²) in [4.78, 5) is 9.06. The smallest absolute Gasteiger partial charge is 0.191 e. The summed E-state index contributed by atoms with van der Waals surface area (Å²) < 4.78 is 0.